The van der Waals surface area contributed by atoms with Crippen LogP contribution in [0.4, 0.5) is 17.2 Å². The lowest BCUT2D eigenvalue weighted by Gasteiger charge is -2.36. The van der Waals surface area contributed by atoms with Crippen LogP contribution in [0.5, 0.6) is 0 Å². The molecule has 3 heterocycles. The van der Waals surface area contributed by atoms with Gasteiger partial charge in [0.15, 0.2) is 0 Å². The third-order valence-electron chi connectivity index (χ3n) is 5.42. The largest absolute Gasteiger partial charge is 0.366 e. The molecule has 0 bridgehead atoms. The van der Waals surface area contributed by atoms with E-state index in [9.17, 15) is 10.1 Å². The van der Waals surface area contributed by atoms with Crippen molar-refractivity contribution in [2.24, 2.45) is 0 Å². The number of aryl methyl sites for hydroxylation is 1. The molecule has 9 heteroatoms. The smallest absolute Gasteiger partial charge is 0.274 e. The summed E-state index contributed by atoms with van der Waals surface area (Å²) in [5, 5.41) is 20.0. The first kappa shape index (κ1) is 22.3. The van der Waals surface area contributed by atoms with Gasteiger partial charge in [-0.2, -0.15) is 10.4 Å². The van der Waals surface area contributed by atoms with Crippen molar-refractivity contribution in [1.82, 2.24) is 14.8 Å². The minimum absolute atomic E-state index is 0.0815. The average Bonchev–Trinajstić information content (AvgIpc) is 3.23. The standard InChI is InChI=1S/C24H27N7O2/c1-15(2)33-24-23(32)29-22-16(3)28-21(9-20(22)30(24)4)26-11-17-12-27-31(13-17)14-19-8-6-5-7-18(19)10-25/h5-9,12-13,15,24H,11,14H2,1-4H3,(H,26,28)(H,29,32). The summed E-state index contributed by atoms with van der Waals surface area (Å²) in [6.07, 6.45) is 2.97. The molecule has 4 rings (SSSR count). The predicted molar refractivity (Wildman–Crippen MR) is 126 cm³/mol. The summed E-state index contributed by atoms with van der Waals surface area (Å²) >= 11 is 0. The zero-order valence-corrected chi connectivity index (χ0v) is 19.2. The molecule has 0 fully saturated rings. The van der Waals surface area contributed by atoms with Crippen molar-refractivity contribution in [3.05, 3.63) is 65.1 Å². The Kier molecular flexibility index (Phi) is 6.29. The van der Waals surface area contributed by atoms with Crippen molar-refractivity contribution in [1.29, 1.82) is 5.26 Å². The van der Waals surface area contributed by atoms with E-state index in [2.05, 4.69) is 26.8 Å². The van der Waals surface area contributed by atoms with Crippen LogP contribution < -0.4 is 15.5 Å². The molecule has 33 heavy (non-hydrogen) atoms. The summed E-state index contributed by atoms with van der Waals surface area (Å²) in [5.74, 6) is 0.495. The van der Waals surface area contributed by atoms with Gasteiger partial charge in [-0.1, -0.05) is 18.2 Å². The molecule has 0 radical (unpaired) electrons. The van der Waals surface area contributed by atoms with Crippen LogP contribution in [0.3, 0.4) is 0 Å². The summed E-state index contributed by atoms with van der Waals surface area (Å²) in [7, 11) is 1.84. The number of hydrogen-bond acceptors (Lipinski definition) is 7. The van der Waals surface area contributed by atoms with Crippen molar-refractivity contribution < 1.29 is 9.53 Å². The van der Waals surface area contributed by atoms with Crippen LogP contribution in [-0.2, 0) is 22.6 Å². The van der Waals surface area contributed by atoms with Crippen LogP contribution in [0.2, 0.25) is 0 Å². The van der Waals surface area contributed by atoms with E-state index in [0.29, 0.717) is 30.2 Å². The van der Waals surface area contributed by atoms with Crippen LogP contribution in [0.15, 0.2) is 42.7 Å². The van der Waals surface area contributed by atoms with Gasteiger partial charge in [0.1, 0.15) is 5.82 Å². The highest BCUT2D eigenvalue weighted by molar-refractivity contribution is 6.03. The summed E-state index contributed by atoms with van der Waals surface area (Å²) in [6.45, 7) is 6.74. The highest BCUT2D eigenvalue weighted by Crippen LogP contribution is 2.35. The van der Waals surface area contributed by atoms with E-state index in [4.69, 9.17) is 4.74 Å². The molecule has 0 saturated carbocycles. The van der Waals surface area contributed by atoms with Crippen LogP contribution in [0, 0.1) is 18.3 Å². The fourth-order valence-corrected chi connectivity index (χ4v) is 3.80. The number of carbonyl (C=O) groups excluding carboxylic acids is 1. The molecule has 1 unspecified atom stereocenters. The van der Waals surface area contributed by atoms with E-state index in [1.807, 2.05) is 73.9 Å². The van der Waals surface area contributed by atoms with Crippen molar-refractivity contribution in [2.75, 3.05) is 22.6 Å². The van der Waals surface area contributed by atoms with Crippen LogP contribution >= 0.6 is 0 Å². The van der Waals surface area contributed by atoms with Gasteiger partial charge in [-0.3, -0.25) is 9.48 Å². The molecule has 1 atom stereocenters. The second kappa shape index (κ2) is 9.30. The molecular weight excluding hydrogens is 418 g/mol. The van der Waals surface area contributed by atoms with Crippen molar-refractivity contribution in [2.45, 2.75) is 46.2 Å². The van der Waals surface area contributed by atoms with E-state index in [-0.39, 0.29) is 12.0 Å². The van der Waals surface area contributed by atoms with Gasteiger partial charge < -0.3 is 20.3 Å². The number of benzene rings is 1. The van der Waals surface area contributed by atoms with Gasteiger partial charge >= 0.3 is 0 Å². The van der Waals surface area contributed by atoms with E-state index < -0.39 is 6.23 Å². The summed E-state index contributed by atoms with van der Waals surface area (Å²) in [6, 6.07) is 11.6. The maximum Gasteiger partial charge on any atom is 0.274 e. The van der Waals surface area contributed by atoms with Gasteiger partial charge in [0.2, 0.25) is 6.23 Å². The number of nitrogens with zero attached hydrogens (tertiary/aromatic N) is 5. The van der Waals surface area contributed by atoms with Gasteiger partial charge in [-0.05, 0) is 32.4 Å². The maximum atomic E-state index is 12.5. The Morgan fingerprint density at radius 1 is 1.33 bits per heavy atom. The van der Waals surface area contributed by atoms with Crippen LogP contribution in [0.25, 0.3) is 0 Å². The number of aromatic nitrogens is 3. The zero-order chi connectivity index (χ0) is 23.5. The molecule has 1 aliphatic rings. The Morgan fingerprint density at radius 2 is 2.12 bits per heavy atom. The van der Waals surface area contributed by atoms with Crippen molar-refractivity contribution in [3.8, 4) is 6.07 Å². The van der Waals surface area contributed by atoms with Crippen molar-refractivity contribution >= 4 is 23.1 Å². The van der Waals surface area contributed by atoms with Gasteiger partial charge in [0.25, 0.3) is 5.91 Å². The number of pyridine rings is 1. The number of amides is 1. The van der Waals surface area contributed by atoms with Crippen LogP contribution in [-0.4, -0.2) is 40.1 Å². The quantitative estimate of drug-likeness (QED) is 0.575. The number of hydrogen-bond donors (Lipinski definition) is 2. The minimum atomic E-state index is -0.693. The molecule has 9 nitrogen and oxygen atoms in total. The van der Waals surface area contributed by atoms with Gasteiger partial charge in [0, 0.05) is 31.4 Å². The molecule has 170 valence electrons. The Balaban J connectivity index is 1.47. The van der Waals surface area contributed by atoms with E-state index in [0.717, 1.165) is 22.5 Å². The average molecular weight is 446 g/mol. The molecule has 0 aliphatic carbocycles. The highest BCUT2D eigenvalue weighted by atomic mass is 16.5. The number of nitriles is 1. The van der Waals surface area contributed by atoms with Gasteiger partial charge in [-0.15, -0.1) is 0 Å². The second-order valence-electron chi connectivity index (χ2n) is 8.29. The molecule has 0 saturated heterocycles. The molecule has 1 amide bonds. The normalized spacial score (nSPS) is 15.2. The molecule has 3 aromatic rings. The number of rotatable bonds is 7. The Labute approximate surface area is 193 Å². The molecule has 0 spiro atoms. The Hall–Kier alpha value is -3.90. The number of anilines is 3. The maximum absolute atomic E-state index is 12.5. The first-order valence-electron chi connectivity index (χ1n) is 10.8. The lowest BCUT2D eigenvalue weighted by molar-refractivity contribution is -0.130. The number of fused-ring (bicyclic) bond motifs is 1. The Morgan fingerprint density at radius 3 is 2.88 bits per heavy atom. The number of nitrogens with one attached hydrogen (secondary N) is 2. The predicted octanol–water partition coefficient (Wildman–Crippen LogP) is 3.26. The summed E-state index contributed by atoms with van der Waals surface area (Å²) < 4.78 is 7.61. The lowest BCUT2D eigenvalue weighted by atomic mass is 10.1. The van der Waals surface area contributed by atoms with Crippen LogP contribution in [0.1, 0.15) is 36.2 Å². The molecular formula is C24H27N7O2. The third kappa shape index (κ3) is 4.81. The number of likely N-dealkylation sites (N-methyl/N-ethyl adjacent to an activating group) is 1. The minimum Gasteiger partial charge on any atom is -0.366 e. The summed E-state index contributed by atoms with van der Waals surface area (Å²) in [5.41, 5.74) is 4.83. The Bertz CT molecular complexity index is 1210. The SMILES string of the molecule is Cc1nc(NCc2cnn(Cc3ccccc3C#N)c2)cc2c1NC(=O)C(OC(C)C)N2C. The van der Waals surface area contributed by atoms with Gasteiger partial charge in [0.05, 0.1) is 47.5 Å². The molecule has 1 aliphatic heterocycles. The fraction of sp³-hybridized carbons (Fsp3) is 0.333. The van der Waals surface area contributed by atoms with E-state index in [1.54, 1.807) is 6.20 Å². The van der Waals surface area contributed by atoms with E-state index >= 15 is 0 Å². The van der Waals surface area contributed by atoms with E-state index in [1.165, 1.54) is 0 Å². The summed E-state index contributed by atoms with van der Waals surface area (Å²) in [4.78, 5) is 18.9. The molecule has 2 N–H and O–H groups in total. The monoisotopic (exact) mass is 445 g/mol. The van der Waals surface area contributed by atoms with Crippen molar-refractivity contribution in [3.63, 3.8) is 0 Å². The zero-order valence-electron chi connectivity index (χ0n) is 19.2. The topological polar surface area (TPSA) is 108 Å². The molecule has 2 aromatic heterocycles. The first-order valence-corrected chi connectivity index (χ1v) is 10.8. The lowest BCUT2D eigenvalue weighted by Crippen LogP contribution is -2.49. The number of ether oxygens (including phenoxy) is 1. The first-order chi connectivity index (χ1) is 15.9. The third-order valence-corrected chi connectivity index (χ3v) is 5.42. The van der Waals surface area contributed by atoms with Gasteiger partial charge in [-0.25, -0.2) is 4.98 Å². The molecule has 1 aromatic carbocycles. The second-order valence-corrected chi connectivity index (χ2v) is 8.29. The fourth-order valence-electron chi connectivity index (χ4n) is 3.80. The highest BCUT2D eigenvalue weighted by Gasteiger charge is 2.33. The number of carbonyl (C=O) groups is 1.